The zero-order valence-corrected chi connectivity index (χ0v) is 7.57. The van der Waals surface area contributed by atoms with Crippen LogP contribution in [0.4, 0.5) is 0 Å². The Morgan fingerprint density at radius 1 is 1.57 bits per heavy atom. The number of amides is 1. The molecule has 0 heterocycles. The normalized spacial score (nSPS) is 9.14. The summed E-state index contributed by atoms with van der Waals surface area (Å²) in [4.78, 5) is 21.5. The van der Waals surface area contributed by atoms with Gasteiger partial charge in [0.05, 0.1) is 17.2 Å². The summed E-state index contributed by atoms with van der Waals surface area (Å²) in [5, 5.41) is 8.74. The lowest BCUT2D eigenvalue weighted by Gasteiger charge is -2.04. The van der Waals surface area contributed by atoms with E-state index in [4.69, 9.17) is 11.0 Å². The Balaban J connectivity index is 3.52. The van der Waals surface area contributed by atoms with Crippen LogP contribution < -0.4 is 5.73 Å². The summed E-state index contributed by atoms with van der Waals surface area (Å²) in [5.41, 5.74) is 6.33. The molecule has 14 heavy (non-hydrogen) atoms. The molecule has 0 bridgehead atoms. The van der Waals surface area contributed by atoms with Gasteiger partial charge in [0.25, 0.3) is 0 Å². The first-order valence-electron chi connectivity index (χ1n) is 3.90. The molecule has 1 aromatic rings. The van der Waals surface area contributed by atoms with Gasteiger partial charge < -0.3 is 5.73 Å². The number of carbonyl (C=O) groups excluding carboxylic acids is 2. The van der Waals surface area contributed by atoms with Crippen LogP contribution in [0.2, 0.25) is 0 Å². The minimum absolute atomic E-state index is 0.139. The minimum atomic E-state index is -0.656. The van der Waals surface area contributed by atoms with Crippen molar-refractivity contribution < 1.29 is 9.59 Å². The van der Waals surface area contributed by atoms with E-state index in [1.54, 1.807) is 6.92 Å². The highest BCUT2D eigenvalue weighted by atomic mass is 16.1. The van der Waals surface area contributed by atoms with Crippen molar-refractivity contribution in [2.45, 2.75) is 6.92 Å². The number of hydrogen-bond donors (Lipinski definition) is 1. The van der Waals surface area contributed by atoms with Gasteiger partial charge in [-0.15, -0.1) is 0 Å². The van der Waals surface area contributed by atoms with Crippen LogP contribution in [0.3, 0.4) is 0 Å². The molecule has 0 fully saturated rings. The van der Waals surface area contributed by atoms with Crippen molar-refractivity contribution in [3.05, 3.63) is 34.4 Å². The Morgan fingerprint density at radius 2 is 2.21 bits per heavy atom. The first-order valence-corrected chi connectivity index (χ1v) is 3.90. The summed E-state index contributed by atoms with van der Waals surface area (Å²) in [5.74, 6) is -0.656. The van der Waals surface area contributed by atoms with E-state index >= 15 is 0 Å². The maximum atomic E-state index is 11.0. The average molecular weight is 188 g/mol. The maximum absolute atomic E-state index is 11.0. The largest absolute Gasteiger partial charge is 0.366 e. The van der Waals surface area contributed by atoms with Crippen LogP contribution >= 0.6 is 0 Å². The number of nitriles is 1. The van der Waals surface area contributed by atoms with Crippen molar-refractivity contribution in [2.24, 2.45) is 5.73 Å². The lowest BCUT2D eigenvalue weighted by atomic mass is 9.99. The Kier molecular flexibility index (Phi) is 2.63. The highest BCUT2D eigenvalue weighted by molar-refractivity contribution is 5.97. The van der Waals surface area contributed by atoms with Crippen molar-refractivity contribution in [2.75, 3.05) is 0 Å². The molecule has 0 spiro atoms. The van der Waals surface area contributed by atoms with Gasteiger partial charge in [-0.05, 0) is 24.6 Å². The minimum Gasteiger partial charge on any atom is -0.366 e. The molecule has 0 aliphatic rings. The number of aldehydes is 1. The van der Waals surface area contributed by atoms with E-state index < -0.39 is 5.91 Å². The van der Waals surface area contributed by atoms with Gasteiger partial charge in [-0.1, -0.05) is 0 Å². The fourth-order valence-electron chi connectivity index (χ4n) is 1.30. The van der Waals surface area contributed by atoms with Crippen LogP contribution in [0.5, 0.6) is 0 Å². The monoisotopic (exact) mass is 188 g/mol. The van der Waals surface area contributed by atoms with Crippen LogP contribution in [0.1, 0.15) is 31.8 Å². The summed E-state index contributed by atoms with van der Waals surface area (Å²) in [6.07, 6.45) is 0.624. The smallest absolute Gasteiger partial charge is 0.250 e. The van der Waals surface area contributed by atoms with Gasteiger partial charge in [-0.25, -0.2) is 0 Å². The number of primary amides is 1. The number of aryl methyl sites for hydroxylation is 1. The Morgan fingerprint density at radius 3 is 2.64 bits per heavy atom. The molecule has 1 aromatic carbocycles. The fraction of sp³-hybridized carbons (Fsp3) is 0.100. The molecular formula is C10H8N2O2. The average Bonchev–Trinajstić information content (AvgIpc) is 2.15. The maximum Gasteiger partial charge on any atom is 0.250 e. The summed E-state index contributed by atoms with van der Waals surface area (Å²) in [6.45, 7) is 1.63. The standard InChI is InChI=1S/C10H8N2O2/c1-6-2-7(5-13)3-8(4-11)9(6)10(12)14/h2-3,5H,1H3,(H2,12,14). The van der Waals surface area contributed by atoms with E-state index in [1.807, 2.05) is 6.07 Å². The molecule has 0 saturated carbocycles. The first kappa shape index (κ1) is 9.93. The van der Waals surface area contributed by atoms with Crippen LogP contribution in [0, 0.1) is 18.3 Å². The molecular weight excluding hydrogens is 180 g/mol. The molecule has 0 atom stereocenters. The molecule has 4 nitrogen and oxygen atoms in total. The van der Waals surface area contributed by atoms with Gasteiger partial charge in [-0.3, -0.25) is 9.59 Å². The second kappa shape index (κ2) is 3.71. The van der Waals surface area contributed by atoms with Crippen LogP contribution in [0.25, 0.3) is 0 Å². The van der Waals surface area contributed by atoms with Crippen LogP contribution in [-0.2, 0) is 0 Å². The number of hydrogen-bond acceptors (Lipinski definition) is 3. The van der Waals surface area contributed by atoms with Crippen molar-refractivity contribution in [1.29, 1.82) is 5.26 Å². The van der Waals surface area contributed by atoms with E-state index in [2.05, 4.69) is 0 Å². The number of benzene rings is 1. The SMILES string of the molecule is Cc1cc(C=O)cc(C#N)c1C(N)=O. The summed E-state index contributed by atoms with van der Waals surface area (Å²) in [7, 11) is 0. The number of nitrogens with zero attached hydrogens (tertiary/aromatic N) is 1. The van der Waals surface area contributed by atoms with Crippen molar-refractivity contribution in [3.8, 4) is 6.07 Å². The molecule has 0 aromatic heterocycles. The number of nitrogens with two attached hydrogens (primary N) is 1. The van der Waals surface area contributed by atoms with Crippen molar-refractivity contribution in [1.82, 2.24) is 0 Å². The molecule has 0 aliphatic carbocycles. The van der Waals surface area contributed by atoms with Crippen LogP contribution in [-0.4, -0.2) is 12.2 Å². The Bertz CT molecular complexity index is 444. The second-order valence-corrected chi connectivity index (χ2v) is 2.85. The molecule has 1 amide bonds. The van der Waals surface area contributed by atoms with E-state index in [9.17, 15) is 9.59 Å². The summed E-state index contributed by atoms with van der Waals surface area (Å²) in [6, 6.07) is 4.70. The predicted octanol–water partition coefficient (Wildman–Crippen LogP) is 0.778. The molecule has 0 unspecified atom stereocenters. The summed E-state index contributed by atoms with van der Waals surface area (Å²) < 4.78 is 0. The fourth-order valence-corrected chi connectivity index (χ4v) is 1.30. The van der Waals surface area contributed by atoms with E-state index in [-0.39, 0.29) is 11.1 Å². The second-order valence-electron chi connectivity index (χ2n) is 2.85. The van der Waals surface area contributed by atoms with Gasteiger partial charge >= 0.3 is 0 Å². The molecule has 0 aliphatic heterocycles. The lowest BCUT2D eigenvalue weighted by Crippen LogP contribution is -2.15. The van der Waals surface area contributed by atoms with E-state index in [0.717, 1.165) is 0 Å². The topological polar surface area (TPSA) is 83.9 Å². The predicted molar refractivity (Wildman–Crippen MR) is 49.8 cm³/mol. The third-order valence-electron chi connectivity index (χ3n) is 1.86. The quantitative estimate of drug-likeness (QED) is 0.696. The third kappa shape index (κ3) is 1.62. The summed E-state index contributed by atoms with van der Waals surface area (Å²) >= 11 is 0. The number of rotatable bonds is 2. The zero-order valence-electron chi connectivity index (χ0n) is 7.57. The van der Waals surface area contributed by atoms with Gasteiger partial charge in [0, 0.05) is 5.56 Å². The van der Waals surface area contributed by atoms with Crippen molar-refractivity contribution in [3.63, 3.8) is 0 Å². The zero-order chi connectivity index (χ0) is 10.7. The number of carbonyl (C=O) groups is 2. The first-order chi connectivity index (χ1) is 6.60. The van der Waals surface area contributed by atoms with E-state index in [0.29, 0.717) is 17.4 Å². The molecule has 70 valence electrons. The highest BCUT2D eigenvalue weighted by Crippen LogP contribution is 2.15. The highest BCUT2D eigenvalue weighted by Gasteiger charge is 2.12. The Labute approximate surface area is 80.9 Å². The Hall–Kier alpha value is -2.15. The molecule has 0 saturated heterocycles. The molecule has 0 radical (unpaired) electrons. The lowest BCUT2D eigenvalue weighted by molar-refractivity contribution is 0.0998. The molecule has 4 heteroatoms. The van der Waals surface area contributed by atoms with Gasteiger partial charge in [0.15, 0.2) is 0 Å². The molecule has 1 rings (SSSR count). The van der Waals surface area contributed by atoms with Gasteiger partial charge in [0.1, 0.15) is 6.29 Å². The van der Waals surface area contributed by atoms with E-state index in [1.165, 1.54) is 12.1 Å². The third-order valence-corrected chi connectivity index (χ3v) is 1.86. The van der Waals surface area contributed by atoms with Crippen molar-refractivity contribution >= 4 is 12.2 Å². The van der Waals surface area contributed by atoms with Crippen LogP contribution in [0.15, 0.2) is 12.1 Å². The van der Waals surface area contributed by atoms with Gasteiger partial charge in [-0.2, -0.15) is 5.26 Å². The molecule has 2 N–H and O–H groups in total. The van der Waals surface area contributed by atoms with Gasteiger partial charge in [0.2, 0.25) is 5.91 Å².